The van der Waals surface area contributed by atoms with Gasteiger partial charge in [0, 0.05) is 18.9 Å². The molecule has 30 heavy (non-hydrogen) atoms. The van der Waals surface area contributed by atoms with Gasteiger partial charge in [-0.3, -0.25) is 9.69 Å². The maximum Gasteiger partial charge on any atom is 0.271 e. The zero-order valence-corrected chi connectivity index (χ0v) is 18.7. The van der Waals surface area contributed by atoms with Crippen LogP contribution in [0, 0.1) is 27.7 Å². The molecule has 3 aromatic rings. The first-order chi connectivity index (χ1) is 14.4. The Kier molecular flexibility index (Phi) is 5.39. The van der Waals surface area contributed by atoms with Crippen LogP contribution in [0.25, 0.3) is 6.08 Å². The lowest BCUT2D eigenvalue weighted by molar-refractivity contribution is -0.113. The van der Waals surface area contributed by atoms with Crippen molar-refractivity contribution in [1.82, 2.24) is 4.57 Å². The van der Waals surface area contributed by atoms with Crippen molar-refractivity contribution in [3.63, 3.8) is 0 Å². The number of benzene rings is 2. The van der Waals surface area contributed by atoms with Crippen molar-refractivity contribution in [3.8, 4) is 0 Å². The van der Waals surface area contributed by atoms with Crippen LogP contribution in [0.3, 0.4) is 0 Å². The van der Waals surface area contributed by atoms with E-state index in [2.05, 4.69) is 39.8 Å². The molecule has 0 atom stereocenters. The highest BCUT2D eigenvalue weighted by Gasteiger charge is 2.36. The number of nitrogens with zero attached hydrogens (tertiary/aromatic N) is 3. The molecule has 152 valence electrons. The fourth-order valence-corrected chi connectivity index (χ4v) is 4.43. The van der Waals surface area contributed by atoms with Crippen LogP contribution in [0.2, 0.25) is 0 Å². The van der Waals surface area contributed by atoms with E-state index in [-0.39, 0.29) is 5.91 Å². The van der Waals surface area contributed by atoms with E-state index in [0.29, 0.717) is 10.1 Å². The molecule has 0 saturated carbocycles. The Hall–Kier alpha value is -3.05. The van der Waals surface area contributed by atoms with Crippen molar-refractivity contribution < 1.29 is 4.79 Å². The number of aromatic nitrogens is 1. The Bertz CT molecular complexity index is 1200. The molecule has 1 saturated heterocycles. The van der Waals surface area contributed by atoms with Gasteiger partial charge in [0.1, 0.15) is 0 Å². The number of aliphatic imine (C=N–C) groups is 1. The van der Waals surface area contributed by atoms with Crippen molar-refractivity contribution in [3.05, 3.63) is 87.6 Å². The molecule has 1 fully saturated rings. The number of hydrogen-bond donors (Lipinski definition) is 0. The Morgan fingerprint density at radius 3 is 2.30 bits per heavy atom. The zero-order valence-electron chi connectivity index (χ0n) is 17.9. The minimum Gasteiger partial charge on any atom is -0.351 e. The summed E-state index contributed by atoms with van der Waals surface area (Å²) in [6, 6.07) is 16.1. The summed E-state index contributed by atoms with van der Waals surface area (Å²) in [5.74, 6) is -0.0426. The lowest BCUT2D eigenvalue weighted by Crippen LogP contribution is -2.29. The van der Waals surface area contributed by atoms with Gasteiger partial charge in [-0.05, 0) is 92.1 Å². The number of anilines is 1. The molecule has 2 aromatic carbocycles. The SMILES string of the molecule is Cc1cccc(N=C2S/C(=C/c3cccn3C)C(=O)N2c2cccc(C)c2C)c1C. The van der Waals surface area contributed by atoms with E-state index in [0.717, 1.165) is 33.8 Å². The van der Waals surface area contributed by atoms with Crippen LogP contribution in [0.15, 0.2) is 64.6 Å². The van der Waals surface area contributed by atoms with Gasteiger partial charge in [0.25, 0.3) is 5.91 Å². The standard InChI is InChI=1S/C25H25N3OS/c1-16-9-6-12-21(18(16)3)26-25-28(22-13-7-10-17(2)19(22)4)24(29)23(30-25)15-20-11-8-14-27(20)5/h6-15H,1-5H3/b23-15+,26-25?. The zero-order chi connectivity index (χ0) is 21.4. The first-order valence-corrected chi connectivity index (χ1v) is 10.7. The summed E-state index contributed by atoms with van der Waals surface area (Å²) in [5.41, 5.74) is 7.30. The molecule has 1 amide bonds. The molecule has 0 aliphatic carbocycles. The first-order valence-electron chi connectivity index (χ1n) is 9.93. The summed E-state index contributed by atoms with van der Waals surface area (Å²) in [6.45, 7) is 8.26. The number of carbonyl (C=O) groups excluding carboxylic acids is 1. The van der Waals surface area contributed by atoms with Crippen LogP contribution < -0.4 is 4.90 Å². The Balaban J connectivity index is 1.87. The third-order valence-corrected chi connectivity index (χ3v) is 6.65. The van der Waals surface area contributed by atoms with Gasteiger partial charge in [-0.25, -0.2) is 4.99 Å². The summed E-state index contributed by atoms with van der Waals surface area (Å²) < 4.78 is 2.00. The minimum atomic E-state index is -0.0426. The molecule has 4 nitrogen and oxygen atoms in total. The molecule has 0 N–H and O–H groups in total. The van der Waals surface area contributed by atoms with E-state index in [1.165, 1.54) is 17.3 Å². The van der Waals surface area contributed by atoms with Crippen LogP contribution >= 0.6 is 11.8 Å². The summed E-state index contributed by atoms with van der Waals surface area (Å²) in [4.78, 5) is 20.9. The van der Waals surface area contributed by atoms with Gasteiger partial charge in [-0.1, -0.05) is 24.3 Å². The normalized spacial score (nSPS) is 16.8. The van der Waals surface area contributed by atoms with Crippen molar-refractivity contribution in [1.29, 1.82) is 0 Å². The Morgan fingerprint density at radius 1 is 0.900 bits per heavy atom. The topological polar surface area (TPSA) is 37.6 Å². The molecule has 2 heterocycles. The quantitative estimate of drug-likeness (QED) is 0.487. The van der Waals surface area contributed by atoms with Crippen molar-refractivity contribution in [2.24, 2.45) is 12.0 Å². The number of amides is 1. The molecule has 1 aliphatic rings. The van der Waals surface area contributed by atoms with E-state index < -0.39 is 0 Å². The van der Waals surface area contributed by atoms with E-state index in [9.17, 15) is 4.79 Å². The molecule has 5 heteroatoms. The molecule has 0 spiro atoms. The number of aryl methyl sites for hydroxylation is 3. The van der Waals surface area contributed by atoms with E-state index in [1.807, 2.05) is 60.3 Å². The van der Waals surface area contributed by atoms with Crippen LogP contribution in [0.5, 0.6) is 0 Å². The largest absolute Gasteiger partial charge is 0.351 e. The molecule has 1 aromatic heterocycles. The number of amidine groups is 1. The van der Waals surface area contributed by atoms with Gasteiger partial charge in [0.15, 0.2) is 5.17 Å². The molecular formula is C25H25N3OS. The second-order valence-electron chi connectivity index (χ2n) is 7.63. The maximum atomic E-state index is 13.5. The minimum absolute atomic E-state index is 0.0426. The smallest absolute Gasteiger partial charge is 0.271 e. The maximum absolute atomic E-state index is 13.5. The van der Waals surface area contributed by atoms with Crippen LogP contribution in [-0.4, -0.2) is 15.6 Å². The average Bonchev–Trinajstić information content (AvgIpc) is 3.25. The van der Waals surface area contributed by atoms with Gasteiger partial charge < -0.3 is 4.57 Å². The van der Waals surface area contributed by atoms with Crippen molar-refractivity contribution >= 4 is 40.3 Å². The van der Waals surface area contributed by atoms with Gasteiger partial charge in [-0.2, -0.15) is 0 Å². The van der Waals surface area contributed by atoms with E-state index in [4.69, 9.17) is 4.99 Å². The highest BCUT2D eigenvalue weighted by molar-refractivity contribution is 8.19. The summed E-state index contributed by atoms with van der Waals surface area (Å²) in [6.07, 6.45) is 3.92. The van der Waals surface area contributed by atoms with Gasteiger partial charge in [0.05, 0.1) is 16.3 Å². The predicted molar refractivity (Wildman–Crippen MR) is 127 cm³/mol. The lowest BCUT2D eigenvalue weighted by atomic mass is 10.1. The van der Waals surface area contributed by atoms with Crippen LogP contribution in [0.1, 0.15) is 27.9 Å². The number of carbonyl (C=O) groups is 1. The molecular weight excluding hydrogens is 390 g/mol. The van der Waals surface area contributed by atoms with Crippen LogP contribution in [0.4, 0.5) is 11.4 Å². The summed E-state index contributed by atoms with van der Waals surface area (Å²) in [7, 11) is 1.98. The fraction of sp³-hybridized carbons (Fsp3) is 0.200. The molecule has 1 aliphatic heterocycles. The second kappa shape index (κ2) is 8.00. The molecule has 0 radical (unpaired) electrons. The van der Waals surface area contributed by atoms with Crippen molar-refractivity contribution in [2.75, 3.05) is 4.90 Å². The van der Waals surface area contributed by atoms with E-state index in [1.54, 1.807) is 4.90 Å². The number of thioether (sulfide) groups is 1. The van der Waals surface area contributed by atoms with Gasteiger partial charge in [-0.15, -0.1) is 0 Å². The highest BCUT2D eigenvalue weighted by Crippen LogP contribution is 2.39. The number of hydrogen-bond acceptors (Lipinski definition) is 3. The molecule has 0 unspecified atom stereocenters. The Morgan fingerprint density at radius 2 is 1.60 bits per heavy atom. The monoisotopic (exact) mass is 415 g/mol. The molecule has 0 bridgehead atoms. The van der Waals surface area contributed by atoms with Crippen LogP contribution in [-0.2, 0) is 11.8 Å². The van der Waals surface area contributed by atoms with E-state index >= 15 is 0 Å². The third-order valence-electron chi connectivity index (χ3n) is 5.68. The second-order valence-corrected chi connectivity index (χ2v) is 8.64. The van der Waals surface area contributed by atoms with Crippen molar-refractivity contribution in [2.45, 2.75) is 27.7 Å². The average molecular weight is 416 g/mol. The predicted octanol–water partition coefficient (Wildman–Crippen LogP) is 6.07. The number of rotatable bonds is 3. The highest BCUT2D eigenvalue weighted by atomic mass is 32.2. The van der Waals surface area contributed by atoms with Gasteiger partial charge in [0.2, 0.25) is 0 Å². The Labute approximate surface area is 181 Å². The lowest BCUT2D eigenvalue weighted by Gasteiger charge is -2.19. The third kappa shape index (κ3) is 3.61. The fourth-order valence-electron chi connectivity index (χ4n) is 3.46. The van der Waals surface area contributed by atoms with Gasteiger partial charge >= 0.3 is 0 Å². The first kappa shape index (κ1) is 20.2. The molecule has 4 rings (SSSR count). The summed E-state index contributed by atoms with van der Waals surface area (Å²) >= 11 is 1.43. The summed E-state index contributed by atoms with van der Waals surface area (Å²) in [5, 5.41) is 0.683.